The van der Waals surface area contributed by atoms with Gasteiger partial charge in [0.2, 0.25) is 0 Å². The first-order valence-corrected chi connectivity index (χ1v) is 8.43. The van der Waals surface area contributed by atoms with Crippen LogP contribution in [-0.2, 0) is 0 Å². The van der Waals surface area contributed by atoms with E-state index in [1.54, 1.807) is 18.2 Å². The Labute approximate surface area is 152 Å². The van der Waals surface area contributed by atoms with E-state index < -0.39 is 0 Å². The average molecular weight is 345 g/mol. The molecule has 0 saturated carbocycles. The van der Waals surface area contributed by atoms with Crippen LogP contribution in [-0.4, -0.2) is 18.0 Å². The van der Waals surface area contributed by atoms with E-state index in [4.69, 9.17) is 4.74 Å². The zero-order valence-corrected chi connectivity index (χ0v) is 14.6. The molecule has 5 heteroatoms. The topological polar surface area (TPSA) is 54.5 Å². The summed E-state index contributed by atoms with van der Waals surface area (Å²) < 4.78 is 5.21. The van der Waals surface area contributed by atoms with Crippen molar-refractivity contribution in [2.45, 2.75) is 13.1 Å². The molecule has 0 aliphatic carbocycles. The minimum atomic E-state index is -0.318. The highest BCUT2D eigenvalue weighted by Crippen LogP contribution is 2.37. The number of nitrogens with zero attached hydrogens (tertiary/aromatic N) is 2. The fraction of sp³-hybridized carbons (Fsp3) is 0.143. The second kappa shape index (κ2) is 6.52. The zero-order chi connectivity index (χ0) is 18.1. The SMILES string of the molecule is COc1ccc(NC2c3ccccc3C(=O)N2c2cc(C)ccn2)cc1. The maximum Gasteiger partial charge on any atom is 0.261 e. The van der Waals surface area contributed by atoms with E-state index in [0.717, 1.165) is 22.6 Å². The predicted octanol–water partition coefficient (Wildman–Crippen LogP) is 4.17. The molecule has 1 aromatic heterocycles. The second-order valence-electron chi connectivity index (χ2n) is 6.23. The van der Waals surface area contributed by atoms with Crippen molar-refractivity contribution in [3.63, 3.8) is 0 Å². The Bertz CT molecular complexity index is 953. The van der Waals surface area contributed by atoms with Gasteiger partial charge in [0.05, 0.1) is 7.11 Å². The van der Waals surface area contributed by atoms with Gasteiger partial charge in [-0.1, -0.05) is 18.2 Å². The Hall–Kier alpha value is -3.34. The first kappa shape index (κ1) is 16.1. The minimum absolute atomic E-state index is 0.0512. The molecule has 0 saturated heterocycles. The van der Waals surface area contributed by atoms with E-state index in [0.29, 0.717) is 11.4 Å². The van der Waals surface area contributed by atoms with Crippen molar-refractivity contribution in [1.29, 1.82) is 0 Å². The molecule has 1 aliphatic rings. The van der Waals surface area contributed by atoms with Gasteiger partial charge in [-0.3, -0.25) is 9.69 Å². The Balaban J connectivity index is 1.75. The molecule has 1 unspecified atom stereocenters. The van der Waals surface area contributed by atoms with Crippen LogP contribution in [0.1, 0.15) is 27.7 Å². The van der Waals surface area contributed by atoms with Crippen LogP contribution in [0.3, 0.4) is 0 Å². The monoisotopic (exact) mass is 345 g/mol. The average Bonchev–Trinajstić information content (AvgIpc) is 2.95. The third-order valence-corrected chi connectivity index (χ3v) is 4.50. The van der Waals surface area contributed by atoms with Crippen LogP contribution in [0.5, 0.6) is 5.75 Å². The van der Waals surface area contributed by atoms with E-state index in [9.17, 15) is 4.79 Å². The molecule has 3 aromatic rings. The van der Waals surface area contributed by atoms with Crippen molar-refractivity contribution in [1.82, 2.24) is 4.98 Å². The van der Waals surface area contributed by atoms with Gasteiger partial charge in [-0.2, -0.15) is 0 Å². The maximum atomic E-state index is 13.0. The number of fused-ring (bicyclic) bond motifs is 1. The molecule has 0 spiro atoms. The van der Waals surface area contributed by atoms with Gasteiger partial charge in [0.15, 0.2) is 0 Å². The van der Waals surface area contributed by atoms with Gasteiger partial charge >= 0.3 is 0 Å². The Morgan fingerprint density at radius 3 is 2.58 bits per heavy atom. The number of methoxy groups -OCH3 is 1. The summed E-state index contributed by atoms with van der Waals surface area (Å²) in [5.74, 6) is 1.37. The van der Waals surface area contributed by atoms with Crippen LogP contribution < -0.4 is 15.0 Å². The van der Waals surface area contributed by atoms with Crippen LogP contribution in [0.15, 0.2) is 66.9 Å². The van der Waals surface area contributed by atoms with Gasteiger partial charge in [0.1, 0.15) is 17.7 Å². The van der Waals surface area contributed by atoms with Crippen molar-refractivity contribution in [2.24, 2.45) is 0 Å². The fourth-order valence-electron chi connectivity index (χ4n) is 3.19. The first-order chi connectivity index (χ1) is 12.7. The quantitative estimate of drug-likeness (QED) is 0.771. The summed E-state index contributed by atoms with van der Waals surface area (Å²) in [6.45, 7) is 1.99. The van der Waals surface area contributed by atoms with Crippen LogP contribution in [0.25, 0.3) is 0 Å². The normalized spacial score (nSPS) is 15.7. The highest BCUT2D eigenvalue weighted by atomic mass is 16.5. The van der Waals surface area contributed by atoms with E-state index in [1.165, 1.54) is 0 Å². The van der Waals surface area contributed by atoms with Gasteiger partial charge in [-0.05, 0) is 55.0 Å². The largest absolute Gasteiger partial charge is 0.497 e. The Morgan fingerprint density at radius 2 is 1.85 bits per heavy atom. The maximum absolute atomic E-state index is 13.0. The minimum Gasteiger partial charge on any atom is -0.497 e. The molecule has 1 aliphatic heterocycles. The summed E-state index contributed by atoms with van der Waals surface area (Å²) in [4.78, 5) is 19.2. The van der Waals surface area contributed by atoms with Crippen molar-refractivity contribution >= 4 is 17.4 Å². The number of hydrogen-bond acceptors (Lipinski definition) is 4. The summed E-state index contributed by atoms with van der Waals surface area (Å²) in [7, 11) is 1.64. The van der Waals surface area contributed by atoms with Crippen LogP contribution >= 0.6 is 0 Å². The Morgan fingerprint density at radius 1 is 1.08 bits per heavy atom. The molecule has 0 bridgehead atoms. The molecule has 0 fully saturated rings. The van der Waals surface area contributed by atoms with Gasteiger partial charge in [0, 0.05) is 23.0 Å². The number of carbonyl (C=O) groups is 1. The lowest BCUT2D eigenvalue weighted by Gasteiger charge is -2.26. The van der Waals surface area contributed by atoms with Crippen molar-refractivity contribution in [3.8, 4) is 5.75 Å². The standard InChI is InChI=1S/C21H19N3O2/c1-14-11-12-22-19(13-14)24-20(17-5-3-4-6-18(17)21(24)25)23-15-7-9-16(26-2)10-8-15/h3-13,20,23H,1-2H3. The van der Waals surface area contributed by atoms with Crippen LogP contribution in [0, 0.1) is 6.92 Å². The molecular weight excluding hydrogens is 326 g/mol. The van der Waals surface area contributed by atoms with Gasteiger partial charge in [0.25, 0.3) is 5.91 Å². The van der Waals surface area contributed by atoms with Crippen LogP contribution in [0.2, 0.25) is 0 Å². The number of hydrogen-bond donors (Lipinski definition) is 1. The number of benzene rings is 2. The smallest absolute Gasteiger partial charge is 0.261 e. The van der Waals surface area contributed by atoms with Gasteiger partial charge < -0.3 is 10.1 Å². The van der Waals surface area contributed by atoms with E-state index in [2.05, 4.69) is 10.3 Å². The predicted molar refractivity (Wildman–Crippen MR) is 102 cm³/mol. The molecule has 4 rings (SSSR count). The molecule has 1 amide bonds. The summed E-state index contributed by atoms with van der Waals surface area (Å²) in [6, 6.07) is 19.2. The van der Waals surface area contributed by atoms with Crippen molar-refractivity contribution in [3.05, 3.63) is 83.6 Å². The van der Waals surface area contributed by atoms with Gasteiger partial charge in [-0.15, -0.1) is 0 Å². The summed E-state index contributed by atoms with van der Waals surface area (Å²) in [5.41, 5.74) is 3.60. The molecule has 1 N–H and O–H groups in total. The number of nitrogens with one attached hydrogen (secondary N) is 1. The lowest BCUT2D eigenvalue weighted by Crippen LogP contribution is -2.33. The third-order valence-electron chi connectivity index (χ3n) is 4.50. The zero-order valence-electron chi connectivity index (χ0n) is 14.6. The number of carbonyl (C=O) groups excluding carboxylic acids is 1. The summed E-state index contributed by atoms with van der Waals surface area (Å²) >= 11 is 0. The number of anilines is 2. The number of pyridine rings is 1. The van der Waals surface area contributed by atoms with Crippen molar-refractivity contribution in [2.75, 3.05) is 17.3 Å². The molecule has 2 heterocycles. The fourth-order valence-corrected chi connectivity index (χ4v) is 3.19. The summed E-state index contributed by atoms with van der Waals surface area (Å²) in [5, 5.41) is 3.46. The Kier molecular flexibility index (Phi) is 4.05. The molecule has 130 valence electrons. The lowest BCUT2D eigenvalue weighted by atomic mass is 10.1. The number of aromatic nitrogens is 1. The van der Waals surface area contributed by atoms with E-state index >= 15 is 0 Å². The molecule has 0 radical (unpaired) electrons. The van der Waals surface area contributed by atoms with E-state index in [-0.39, 0.29) is 12.1 Å². The highest BCUT2D eigenvalue weighted by molar-refractivity contribution is 6.11. The first-order valence-electron chi connectivity index (χ1n) is 8.43. The second-order valence-corrected chi connectivity index (χ2v) is 6.23. The number of ether oxygens (including phenoxy) is 1. The van der Waals surface area contributed by atoms with Crippen molar-refractivity contribution < 1.29 is 9.53 Å². The molecule has 1 atom stereocenters. The van der Waals surface area contributed by atoms with E-state index in [1.807, 2.05) is 67.6 Å². The molecule has 2 aromatic carbocycles. The third kappa shape index (κ3) is 2.77. The highest BCUT2D eigenvalue weighted by Gasteiger charge is 2.38. The lowest BCUT2D eigenvalue weighted by molar-refractivity contribution is 0.0992. The van der Waals surface area contributed by atoms with Gasteiger partial charge in [-0.25, -0.2) is 4.98 Å². The van der Waals surface area contributed by atoms with Crippen LogP contribution in [0.4, 0.5) is 11.5 Å². The molecular formula is C21H19N3O2. The number of amides is 1. The summed E-state index contributed by atoms with van der Waals surface area (Å²) in [6.07, 6.45) is 1.41. The molecule has 5 nitrogen and oxygen atoms in total. The molecule has 26 heavy (non-hydrogen) atoms. The number of aryl methyl sites for hydroxylation is 1. The number of rotatable bonds is 4.